The molecule has 132 valence electrons. The van der Waals surface area contributed by atoms with E-state index in [1.54, 1.807) is 11.3 Å². The summed E-state index contributed by atoms with van der Waals surface area (Å²) in [5.74, 6) is -1.10. The fourth-order valence-electron chi connectivity index (χ4n) is 3.17. The van der Waals surface area contributed by atoms with E-state index < -0.39 is 11.7 Å². The highest BCUT2D eigenvalue weighted by Crippen LogP contribution is 2.32. The van der Waals surface area contributed by atoms with Crippen molar-refractivity contribution in [3.8, 4) is 0 Å². The van der Waals surface area contributed by atoms with Crippen LogP contribution in [0.2, 0.25) is 5.02 Å². The Morgan fingerprint density at radius 3 is 2.92 bits per heavy atom. The molecule has 0 fully saturated rings. The molecule has 2 heterocycles. The summed E-state index contributed by atoms with van der Waals surface area (Å²) in [4.78, 5) is 16.2. The quantitative estimate of drug-likeness (QED) is 0.657. The predicted octanol–water partition coefficient (Wildman–Crippen LogP) is 5.36. The monoisotopic (exact) mass is 386 g/mol. The highest BCUT2D eigenvalue weighted by atomic mass is 35.5. The van der Waals surface area contributed by atoms with Crippen molar-refractivity contribution in [1.29, 1.82) is 0 Å². The van der Waals surface area contributed by atoms with Gasteiger partial charge in [0.05, 0.1) is 16.9 Å². The number of halogens is 2. The number of benzene rings is 2. The first-order valence-corrected chi connectivity index (χ1v) is 9.53. The summed E-state index contributed by atoms with van der Waals surface area (Å²) in [5.41, 5.74) is 2.85. The third-order valence-electron chi connectivity index (χ3n) is 4.47. The lowest BCUT2D eigenvalue weighted by atomic mass is 10.1. The van der Waals surface area contributed by atoms with Gasteiger partial charge in [-0.1, -0.05) is 23.7 Å². The molecule has 1 aliphatic heterocycles. The van der Waals surface area contributed by atoms with Crippen molar-refractivity contribution < 1.29 is 9.18 Å². The molecule has 0 bridgehead atoms. The van der Waals surface area contributed by atoms with Gasteiger partial charge in [0.25, 0.3) is 5.91 Å². The Labute approximate surface area is 160 Å². The topological polar surface area (TPSA) is 32.3 Å². The van der Waals surface area contributed by atoms with E-state index in [2.05, 4.69) is 21.7 Å². The lowest BCUT2D eigenvalue weighted by Gasteiger charge is -2.30. The molecule has 3 nitrogen and oxygen atoms in total. The Kier molecular flexibility index (Phi) is 4.66. The van der Waals surface area contributed by atoms with Crippen LogP contribution in [0.15, 0.2) is 53.9 Å². The number of amides is 1. The summed E-state index contributed by atoms with van der Waals surface area (Å²) in [6.45, 7) is 1.68. The zero-order valence-corrected chi connectivity index (χ0v) is 15.4. The molecule has 1 aromatic heterocycles. The van der Waals surface area contributed by atoms with Crippen molar-refractivity contribution in [1.82, 2.24) is 0 Å². The maximum absolute atomic E-state index is 14.0. The number of thiophene rings is 1. The molecule has 2 aromatic carbocycles. The second-order valence-electron chi connectivity index (χ2n) is 6.14. The fraction of sp³-hybridized carbons (Fsp3) is 0.150. The number of carbonyl (C=O) groups is 1. The second-order valence-corrected chi connectivity index (χ2v) is 7.57. The van der Waals surface area contributed by atoms with Gasteiger partial charge in [0.2, 0.25) is 0 Å². The lowest BCUT2D eigenvalue weighted by molar-refractivity contribution is 0.102. The van der Waals surface area contributed by atoms with Gasteiger partial charge >= 0.3 is 0 Å². The minimum atomic E-state index is -0.592. The molecule has 1 aliphatic rings. The third kappa shape index (κ3) is 3.32. The number of carbonyl (C=O) groups excluding carboxylic acids is 1. The molecule has 0 spiro atoms. The summed E-state index contributed by atoms with van der Waals surface area (Å²) in [5, 5.41) is 5.27. The van der Waals surface area contributed by atoms with Crippen molar-refractivity contribution in [3.63, 3.8) is 0 Å². The number of anilines is 2. The number of nitrogens with one attached hydrogen (secondary N) is 1. The minimum Gasteiger partial charge on any atom is -0.365 e. The van der Waals surface area contributed by atoms with Crippen LogP contribution in [0.4, 0.5) is 15.8 Å². The standard InChI is InChI=1S/C20H16ClFN2OS/c21-14-5-6-16(22)15(11-14)20(25)23-17-3-1-2-4-18(17)24-9-7-19-13(12-24)8-10-26-19/h1-6,8,10-11H,7,9,12H2,(H,23,25). The Morgan fingerprint density at radius 2 is 2.04 bits per heavy atom. The van der Waals surface area contributed by atoms with Crippen molar-refractivity contribution in [2.24, 2.45) is 0 Å². The average Bonchev–Trinajstić information content (AvgIpc) is 3.12. The van der Waals surface area contributed by atoms with E-state index in [1.165, 1.54) is 28.6 Å². The zero-order chi connectivity index (χ0) is 18.1. The van der Waals surface area contributed by atoms with Crippen molar-refractivity contribution in [2.75, 3.05) is 16.8 Å². The van der Waals surface area contributed by atoms with E-state index in [9.17, 15) is 9.18 Å². The van der Waals surface area contributed by atoms with Gasteiger partial charge in [-0.3, -0.25) is 4.79 Å². The molecule has 0 atom stereocenters. The van der Waals surface area contributed by atoms with E-state index in [0.29, 0.717) is 10.7 Å². The molecule has 4 rings (SSSR count). The molecule has 0 unspecified atom stereocenters. The summed E-state index contributed by atoms with van der Waals surface area (Å²) < 4.78 is 14.0. The molecule has 3 aromatic rings. The number of fused-ring (bicyclic) bond motifs is 1. The summed E-state index contributed by atoms with van der Waals surface area (Å²) in [6, 6.07) is 13.7. The van der Waals surface area contributed by atoms with E-state index >= 15 is 0 Å². The third-order valence-corrected chi connectivity index (χ3v) is 5.73. The second kappa shape index (κ2) is 7.09. The van der Waals surface area contributed by atoms with Crippen molar-refractivity contribution in [3.05, 3.63) is 80.8 Å². The highest BCUT2D eigenvalue weighted by molar-refractivity contribution is 7.10. The van der Waals surface area contributed by atoms with Crippen LogP contribution in [0.1, 0.15) is 20.8 Å². The van der Waals surface area contributed by atoms with E-state index in [4.69, 9.17) is 11.6 Å². The van der Waals surface area contributed by atoms with Crippen LogP contribution < -0.4 is 10.2 Å². The first-order valence-electron chi connectivity index (χ1n) is 8.27. The first kappa shape index (κ1) is 17.1. The molecule has 0 radical (unpaired) electrons. The maximum Gasteiger partial charge on any atom is 0.258 e. The largest absolute Gasteiger partial charge is 0.365 e. The van der Waals surface area contributed by atoms with Gasteiger partial charge in [-0.2, -0.15) is 0 Å². The van der Waals surface area contributed by atoms with E-state index in [-0.39, 0.29) is 5.56 Å². The van der Waals surface area contributed by atoms with Crippen LogP contribution >= 0.6 is 22.9 Å². The Morgan fingerprint density at radius 1 is 1.19 bits per heavy atom. The lowest BCUT2D eigenvalue weighted by Crippen LogP contribution is -2.30. The van der Waals surface area contributed by atoms with Crippen LogP contribution in [-0.2, 0) is 13.0 Å². The smallest absolute Gasteiger partial charge is 0.258 e. The van der Waals surface area contributed by atoms with Crippen LogP contribution in [0.3, 0.4) is 0 Å². The van der Waals surface area contributed by atoms with Gasteiger partial charge in [0.1, 0.15) is 5.82 Å². The van der Waals surface area contributed by atoms with Crippen molar-refractivity contribution >= 4 is 40.2 Å². The maximum atomic E-state index is 14.0. The summed E-state index contributed by atoms with van der Waals surface area (Å²) >= 11 is 7.69. The van der Waals surface area contributed by atoms with Crippen LogP contribution in [0, 0.1) is 5.82 Å². The number of para-hydroxylation sites is 2. The number of nitrogens with zero attached hydrogens (tertiary/aromatic N) is 1. The van der Waals surface area contributed by atoms with E-state index in [1.807, 2.05) is 24.3 Å². The average molecular weight is 387 g/mol. The van der Waals surface area contributed by atoms with Crippen LogP contribution in [-0.4, -0.2) is 12.5 Å². The predicted molar refractivity (Wildman–Crippen MR) is 105 cm³/mol. The number of rotatable bonds is 3. The molecule has 6 heteroatoms. The molecule has 0 aliphatic carbocycles. The summed E-state index contributed by atoms with van der Waals surface area (Å²) in [7, 11) is 0. The number of hydrogen-bond donors (Lipinski definition) is 1. The van der Waals surface area contributed by atoms with Gasteiger partial charge in [-0.05, 0) is 53.8 Å². The molecule has 0 saturated carbocycles. The molecule has 1 amide bonds. The molecular weight excluding hydrogens is 371 g/mol. The van der Waals surface area contributed by atoms with Gasteiger partial charge in [0.15, 0.2) is 0 Å². The molecular formula is C20H16ClFN2OS. The normalized spacial score (nSPS) is 13.4. The molecule has 26 heavy (non-hydrogen) atoms. The van der Waals surface area contributed by atoms with Gasteiger partial charge in [0, 0.05) is 23.0 Å². The number of hydrogen-bond acceptors (Lipinski definition) is 3. The summed E-state index contributed by atoms with van der Waals surface area (Å²) in [6.07, 6.45) is 0.984. The van der Waals surface area contributed by atoms with Gasteiger partial charge in [-0.15, -0.1) is 11.3 Å². The van der Waals surface area contributed by atoms with Crippen molar-refractivity contribution in [2.45, 2.75) is 13.0 Å². The first-order chi connectivity index (χ1) is 12.6. The van der Waals surface area contributed by atoms with Gasteiger partial charge < -0.3 is 10.2 Å². The Balaban J connectivity index is 1.60. The highest BCUT2D eigenvalue weighted by Gasteiger charge is 2.21. The molecule has 0 saturated heterocycles. The SMILES string of the molecule is O=C(Nc1ccccc1N1CCc2sccc2C1)c1cc(Cl)ccc1F. The molecule has 1 N–H and O–H groups in total. The Bertz CT molecular complexity index is 972. The zero-order valence-electron chi connectivity index (χ0n) is 13.8. The van der Waals surface area contributed by atoms with Gasteiger partial charge in [-0.25, -0.2) is 4.39 Å². The van der Waals surface area contributed by atoms with Crippen LogP contribution in [0.5, 0.6) is 0 Å². The Hall–Kier alpha value is -2.37. The van der Waals surface area contributed by atoms with Crippen LogP contribution in [0.25, 0.3) is 0 Å². The fourth-order valence-corrected chi connectivity index (χ4v) is 4.23. The minimum absolute atomic E-state index is 0.0638. The van der Waals surface area contributed by atoms with E-state index in [0.717, 1.165) is 25.2 Å².